The summed E-state index contributed by atoms with van der Waals surface area (Å²) in [5.41, 5.74) is 2.99. The standard InChI is InChI=1S/C18H31N3O2/c1-15(19-20-11-8-9-12-20)14-16-10-6-5-7-13-21(16)17(22)23-18(2,3)4/h8-9,11-12,15-16,19H,5-7,10,13-14H2,1-4H3. The summed E-state index contributed by atoms with van der Waals surface area (Å²) in [6.45, 7) is 8.74. The van der Waals surface area contributed by atoms with Gasteiger partial charge in [-0.25, -0.2) is 4.79 Å². The highest BCUT2D eigenvalue weighted by Gasteiger charge is 2.30. The number of hydrogen-bond donors (Lipinski definition) is 1. The van der Waals surface area contributed by atoms with Gasteiger partial charge in [-0.3, -0.25) is 4.68 Å². The number of nitrogens with one attached hydrogen (secondary N) is 1. The van der Waals surface area contributed by atoms with Crippen LogP contribution in [-0.2, 0) is 4.74 Å². The molecule has 2 unspecified atom stereocenters. The molecule has 1 aliphatic heterocycles. The van der Waals surface area contributed by atoms with Crippen molar-refractivity contribution < 1.29 is 9.53 Å². The molecule has 1 aromatic rings. The second-order valence-corrected chi connectivity index (χ2v) is 7.53. The van der Waals surface area contributed by atoms with E-state index in [4.69, 9.17) is 4.74 Å². The van der Waals surface area contributed by atoms with Crippen molar-refractivity contribution in [3.63, 3.8) is 0 Å². The lowest BCUT2D eigenvalue weighted by Gasteiger charge is -2.34. The van der Waals surface area contributed by atoms with Crippen molar-refractivity contribution in [2.75, 3.05) is 12.0 Å². The van der Waals surface area contributed by atoms with Gasteiger partial charge in [0.05, 0.1) is 0 Å². The van der Waals surface area contributed by atoms with Crippen molar-refractivity contribution in [2.24, 2.45) is 0 Å². The molecular formula is C18H31N3O2. The summed E-state index contributed by atoms with van der Waals surface area (Å²) in [6, 6.07) is 4.53. The fraction of sp³-hybridized carbons (Fsp3) is 0.722. The van der Waals surface area contributed by atoms with Gasteiger partial charge in [0.25, 0.3) is 0 Å². The average molecular weight is 321 g/mol. The van der Waals surface area contributed by atoms with Gasteiger partial charge in [-0.2, -0.15) is 0 Å². The molecule has 0 radical (unpaired) electrons. The van der Waals surface area contributed by atoms with E-state index in [1.807, 2.05) is 54.9 Å². The molecule has 0 saturated carbocycles. The van der Waals surface area contributed by atoms with Crippen molar-refractivity contribution in [1.82, 2.24) is 9.58 Å². The number of carbonyl (C=O) groups excluding carboxylic acids is 1. The minimum atomic E-state index is -0.442. The number of rotatable bonds is 4. The highest BCUT2D eigenvalue weighted by molar-refractivity contribution is 5.68. The van der Waals surface area contributed by atoms with Gasteiger partial charge in [-0.15, -0.1) is 0 Å². The number of aromatic nitrogens is 1. The van der Waals surface area contributed by atoms with Gasteiger partial charge in [0.15, 0.2) is 0 Å². The third-order valence-corrected chi connectivity index (χ3v) is 4.10. The van der Waals surface area contributed by atoms with Gasteiger partial charge in [0, 0.05) is 31.0 Å². The van der Waals surface area contributed by atoms with Gasteiger partial charge < -0.3 is 15.1 Å². The molecule has 1 aromatic heterocycles. The van der Waals surface area contributed by atoms with E-state index in [1.54, 1.807) is 0 Å². The number of likely N-dealkylation sites (tertiary alicyclic amines) is 1. The van der Waals surface area contributed by atoms with Crippen molar-refractivity contribution in [1.29, 1.82) is 0 Å². The average Bonchev–Trinajstić information content (AvgIpc) is 2.81. The van der Waals surface area contributed by atoms with Crippen LogP contribution in [0.1, 0.15) is 59.8 Å². The Labute approximate surface area is 140 Å². The van der Waals surface area contributed by atoms with E-state index in [0.29, 0.717) is 0 Å². The van der Waals surface area contributed by atoms with Gasteiger partial charge >= 0.3 is 6.09 Å². The number of nitrogens with zero attached hydrogens (tertiary/aromatic N) is 2. The smallest absolute Gasteiger partial charge is 0.410 e. The van der Waals surface area contributed by atoms with Gasteiger partial charge in [-0.05, 0) is 59.1 Å². The van der Waals surface area contributed by atoms with E-state index in [1.165, 1.54) is 12.8 Å². The van der Waals surface area contributed by atoms with Gasteiger partial charge in [-0.1, -0.05) is 12.8 Å². The maximum atomic E-state index is 12.6. The third-order valence-electron chi connectivity index (χ3n) is 4.10. The molecule has 2 heterocycles. The zero-order chi connectivity index (χ0) is 16.9. The predicted molar refractivity (Wildman–Crippen MR) is 93.1 cm³/mol. The predicted octanol–water partition coefficient (Wildman–Crippen LogP) is 3.99. The maximum absolute atomic E-state index is 12.6. The summed E-state index contributed by atoms with van der Waals surface area (Å²) in [7, 11) is 0. The Kier molecular flexibility index (Phi) is 5.97. The van der Waals surface area contributed by atoms with Crippen LogP contribution in [0.15, 0.2) is 24.5 Å². The first-order chi connectivity index (χ1) is 10.8. The lowest BCUT2D eigenvalue weighted by Crippen LogP contribution is -2.45. The van der Waals surface area contributed by atoms with Crippen LogP contribution in [0.5, 0.6) is 0 Å². The Morgan fingerprint density at radius 3 is 2.61 bits per heavy atom. The molecule has 1 N–H and O–H groups in total. The first-order valence-electron chi connectivity index (χ1n) is 8.74. The summed E-state index contributed by atoms with van der Waals surface area (Å²) in [5, 5.41) is 0. The van der Waals surface area contributed by atoms with Gasteiger partial charge in [0.1, 0.15) is 5.60 Å². The monoisotopic (exact) mass is 321 g/mol. The number of hydrogen-bond acceptors (Lipinski definition) is 3. The molecule has 0 aromatic carbocycles. The minimum absolute atomic E-state index is 0.169. The van der Waals surface area contributed by atoms with Crippen LogP contribution >= 0.6 is 0 Å². The highest BCUT2D eigenvalue weighted by atomic mass is 16.6. The third kappa shape index (κ3) is 5.81. The summed E-state index contributed by atoms with van der Waals surface area (Å²) < 4.78 is 7.58. The van der Waals surface area contributed by atoms with Crippen LogP contribution in [-0.4, -0.2) is 39.9 Å². The van der Waals surface area contributed by atoms with Crippen LogP contribution in [0, 0.1) is 0 Å². The fourth-order valence-corrected chi connectivity index (χ4v) is 3.12. The zero-order valence-corrected chi connectivity index (χ0v) is 14.9. The molecule has 0 bridgehead atoms. The Morgan fingerprint density at radius 1 is 1.26 bits per heavy atom. The Morgan fingerprint density at radius 2 is 1.96 bits per heavy atom. The quantitative estimate of drug-likeness (QED) is 0.912. The SMILES string of the molecule is CC(CC1CCCCCN1C(=O)OC(C)(C)C)Nn1cccc1. The highest BCUT2D eigenvalue weighted by Crippen LogP contribution is 2.23. The van der Waals surface area contributed by atoms with E-state index in [9.17, 15) is 4.79 Å². The van der Waals surface area contributed by atoms with E-state index >= 15 is 0 Å². The molecular weight excluding hydrogens is 290 g/mol. The molecule has 1 amide bonds. The largest absolute Gasteiger partial charge is 0.444 e. The number of ether oxygens (including phenoxy) is 1. The van der Waals surface area contributed by atoms with Crippen LogP contribution in [0.25, 0.3) is 0 Å². The molecule has 1 aliphatic rings. The van der Waals surface area contributed by atoms with Crippen LogP contribution in [0.4, 0.5) is 4.79 Å². The Balaban J connectivity index is 1.98. The first-order valence-corrected chi connectivity index (χ1v) is 8.74. The zero-order valence-electron chi connectivity index (χ0n) is 14.9. The molecule has 5 heteroatoms. The lowest BCUT2D eigenvalue weighted by atomic mass is 10.0. The van der Waals surface area contributed by atoms with Crippen molar-refractivity contribution in [3.05, 3.63) is 24.5 Å². The van der Waals surface area contributed by atoms with Crippen LogP contribution in [0.2, 0.25) is 0 Å². The molecule has 130 valence electrons. The number of amides is 1. The van der Waals surface area contributed by atoms with Crippen molar-refractivity contribution in [3.8, 4) is 0 Å². The van der Waals surface area contributed by atoms with E-state index in [-0.39, 0.29) is 18.2 Å². The summed E-state index contributed by atoms with van der Waals surface area (Å²) in [6.07, 6.45) is 9.24. The summed E-state index contributed by atoms with van der Waals surface area (Å²) in [5.74, 6) is 0. The Bertz CT molecular complexity index is 479. The lowest BCUT2D eigenvalue weighted by molar-refractivity contribution is 0.0154. The van der Waals surface area contributed by atoms with E-state index < -0.39 is 5.60 Å². The van der Waals surface area contributed by atoms with Crippen molar-refractivity contribution in [2.45, 2.75) is 77.5 Å². The summed E-state index contributed by atoms with van der Waals surface area (Å²) in [4.78, 5) is 14.5. The summed E-state index contributed by atoms with van der Waals surface area (Å²) >= 11 is 0. The molecule has 1 saturated heterocycles. The topological polar surface area (TPSA) is 46.5 Å². The number of carbonyl (C=O) groups is 1. The minimum Gasteiger partial charge on any atom is -0.444 e. The maximum Gasteiger partial charge on any atom is 0.410 e. The second-order valence-electron chi connectivity index (χ2n) is 7.53. The van der Waals surface area contributed by atoms with Crippen LogP contribution < -0.4 is 5.43 Å². The van der Waals surface area contributed by atoms with Gasteiger partial charge in [0.2, 0.25) is 0 Å². The molecule has 1 fully saturated rings. The van der Waals surface area contributed by atoms with E-state index in [0.717, 1.165) is 25.8 Å². The second kappa shape index (κ2) is 7.75. The Hall–Kier alpha value is -1.65. The molecule has 0 aliphatic carbocycles. The van der Waals surface area contributed by atoms with Crippen molar-refractivity contribution >= 4 is 6.09 Å². The van der Waals surface area contributed by atoms with Crippen LogP contribution in [0.3, 0.4) is 0 Å². The molecule has 0 spiro atoms. The first kappa shape index (κ1) is 17.7. The molecule has 23 heavy (non-hydrogen) atoms. The van der Waals surface area contributed by atoms with E-state index in [2.05, 4.69) is 12.3 Å². The molecule has 2 rings (SSSR count). The molecule has 5 nitrogen and oxygen atoms in total. The fourth-order valence-electron chi connectivity index (χ4n) is 3.12. The molecule has 2 atom stereocenters. The normalized spacial score (nSPS) is 20.7.